The second-order valence-corrected chi connectivity index (χ2v) is 7.37. The number of rotatable bonds is 6. The number of hydrogen-bond acceptors (Lipinski definition) is 2. The summed E-state index contributed by atoms with van der Waals surface area (Å²) in [5.41, 5.74) is 5.01. The van der Waals surface area contributed by atoms with E-state index in [2.05, 4.69) is 37.4 Å². The van der Waals surface area contributed by atoms with E-state index in [1.165, 1.54) is 11.1 Å². The second kappa shape index (κ2) is 8.94. The van der Waals surface area contributed by atoms with Crippen molar-refractivity contribution in [1.82, 2.24) is 5.32 Å². The predicted octanol–water partition coefficient (Wildman–Crippen LogP) is 6.03. The number of halogens is 1. The van der Waals surface area contributed by atoms with Gasteiger partial charge in [0.25, 0.3) is 5.91 Å². The van der Waals surface area contributed by atoms with Gasteiger partial charge >= 0.3 is 0 Å². The molecule has 0 aromatic heterocycles. The summed E-state index contributed by atoms with van der Waals surface area (Å²) in [5.74, 6) is 0.588. The summed E-state index contributed by atoms with van der Waals surface area (Å²) in [6.45, 7) is 6.50. The minimum Gasteiger partial charge on any atom is -0.489 e. The zero-order valence-electron chi connectivity index (χ0n) is 16.3. The molecule has 0 saturated carbocycles. The molecule has 0 aliphatic carbocycles. The Morgan fingerprint density at radius 2 is 1.75 bits per heavy atom. The molecule has 0 radical (unpaired) electrons. The van der Waals surface area contributed by atoms with Gasteiger partial charge < -0.3 is 10.1 Å². The predicted molar refractivity (Wildman–Crippen MR) is 114 cm³/mol. The number of carbonyl (C=O) groups is 1. The number of nitrogens with one attached hydrogen (secondary N) is 1. The molecule has 1 atom stereocenters. The third-order valence-corrected chi connectivity index (χ3v) is 5.09. The highest BCUT2D eigenvalue weighted by atomic mass is 35.5. The van der Waals surface area contributed by atoms with Crippen LogP contribution in [0.25, 0.3) is 0 Å². The fourth-order valence-electron chi connectivity index (χ4n) is 3.06. The average Bonchev–Trinajstić information content (AvgIpc) is 2.69. The van der Waals surface area contributed by atoms with Crippen molar-refractivity contribution in [3.05, 3.63) is 99.6 Å². The van der Waals surface area contributed by atoms with Crippen LogP contribution in [0.2, 0.25) is 5.02 Å². The molecule has 0 fully saturated rings. The zero-order chi connectivity index (χ0) is 20.1. The highest BCUT2D eigenvalue weighted by Crippen LogP contribution is 2.21. The van der Waals surface area contributed by atoms with Gasteiger partial charge in [-0.15, -0.1) is 0 Å². The summed E-state index contributed by atoms with van der Waals surface area (Å²) in [6.07, 6.45) is 0. The van der Waals surface area contributed by atoms with Gasteiger partial charge in [-0.05, 0) is 62.2 Å². The average molecular weight is 394 g/mol. The van der Waals surface area contributed by atoms with Crippen molar-refractivity contribution in [2.75, 3.05) is 0 Å². The number of ether oxygens (including phenoxy) is 1. The zero-order valence-corrected chi connectivity index (χ0v) is 17.1. The Morgan fingerprint density at radius 1 is 1.04 bits per heavy atom. The van der Waals surface area contributed by atoms with E-state index in [1.54, 1.807) is 24.3 Å². The van der Waals surface area contributed by atoms with Gasteiger partial charge in [0.1, 0.15) is 12.4 Å². The van der Waals surface area contributed by atoms with Crippen molar-refractivity contribution < 1.29 is 9.53 Å². The quantitative estimate of drug-likeness (QED) is 0.555. The first-order chi connectivity index (χ1) is 13.4. The molecule has 0 unspecified atom stereocenters. The Labute approximate surface area is 171 Å². The van der Waals surface area contributed by atoms with Crippen LogP contribution in [0.1, 0.15) is 45.6 Å². The number of amides is 1. The molecule has 3 rings (SSSR count). The van der Waals surface area contributed by atoms with E-state index in [1.807, 2.05) is 31.2 Å². The van der Waals surface area contributed by atoms with E-state index in [9.17, 15) is 4.79 Å². The van der Waals surface area contributed by atoms with Gasteiger partial charge in [-0.3, -0.25) is 4.79 Å². The van der Waals surface area contributed by atoms with E-state index < -0.39 is 0 Å². The van der Waals surface area contributed by atoms with E-state index in [0.717, 1.165) is 11.1 Å². The molecular weight excluding hydrogens is 370 g/mol. The lowest BCUT2D eigenvalue weighted by Crippen LogP contribution is -2.27. The van der Waals surface area contributed by atoms with Crippen molar-refractivity contribution in [1.29, 1.82) is 0 Å². The van der Waals surface area contributed by atoms with Crippen LogP contribution >= 0.6 is 11.6 Å². The summed E-state index contributed by atoms with van der Waals surface area (Å²) >= 11 is 6.14. The van der Waals surface area contributed by atoms with Crippen molar-refractivity contribution in [2.45, 2.75) is 33.4 Å². The summed E-state index contributed by atoms with van der Waals surface area (Å²) < 4.78 is 5.77. The van der Waals surface area contributed by atoms with Crippen LogP contribution in [0.4, 0.5) is 0 Å². The second-order valence-electron chi connectivity index (χ2n) is 6.96. The topological polar surface area (TPSA) is 38.3 Å². The lowest BCUT2D eigenvalue weighted by molar-refractivity contribution is 0.0939. The van der Waals surface area contributed by atoms with E-state index >= 15 is 0 Å². The minimum atomic E-state index is -0.106. The maximum absolute atomic E-state index is 12.6. The van der Waals surface area contributed by atoms with E-state index in [4.69, 9.17) is 16.3 Å². The van der Waals surface area contributed by atoms with Gasteiger partial charge in [0.15, 0.2) is 0 Å². The van der Waals surface area contributed by atoms with Crippen molar-refractivity contribution in [3.63, 3.8) is 0 Å². The highest BCUT2D eigenvalue weighted by Gasteiger charge is 2.13. The molecule has 3 aromatic rings. The van der Waals surface area contributed by atoms with Crippen molar-refractivity contribution >= 4 is 17.5 Å². The molecule has 28 heavy (non-hydrogen) atoms. The van der Waals surface area contributed by atoms with Crippen LogP contribution in [0.5, 0.6) is 5.75 Å². The lowest BCUT2D eigenvalue weighted by atomic mass is 10.00. The Kier molecular flexibility index (Phi) is 6.37. The van der Waals surface area contributed by atoms with E-state index in [0.29, 0.717) is 22.9 Å². The smallest absolute Gasteiger partial charge is 0.251 e. The Balaban J connectivity index is 1.62. The molecule has 0 saturated heterocycles. The molecule has 0 heterocycles. The van der Waals surface area contributed by atoms with Crippen LogP contribution in [0.15, 0.2) is 66.7 Å². The highest BCUT2D eigenvalue weighted by molar-refractivity contribution is 6.31. The third kappa shape index (κ3) is 4.93. The lowest BCUT2D eigenvalue weighted by Gasteiger charge is -2.17. The number of aryl methyl sites for hydroxylation is 2. The first-order valence-corrected chi connectivity index (χ1v) is 9.66. The molecule has 3 nitrogen and oxygen atoms in total. The fraction of sp³-hybridized carbons (Fsp3) is 0.208. The van der Waals surface area contributed by atoms with Gasteiger partial charge in [0, 0.05) is 16.1 Å². The minimum absolute atomic E-state index is 0.0662. The van der Waals surface area contributed by atoms with Crippen LogP contribution in [-0.2, 0) is 6.61 Å². The number of hydrogen-bond donors (Lipinski definition) is 1. The summed E-state index contributed by atoms with van der Waals surface area (Å²) in [7, 11) is 0. The third-order valence-electron chi connectivity index (χ3n) is 4.72. The Bertz CT molecular complexity index is 967. The van der Waals surface area contributed by atoms with Gasteiger partial charge in [0.2, 0.25) is 0 Å². The maximum Gasteiger partial charge on any atom is 0.251 e. The van der Waals surface area contributed by atoms with Crippen molar-refractivity contribution in [2.24, 2.45) is 0 Å². The molecular formula is C24H24ClNO2. The maximum atomic E-state index is 12.6. The molecule has 0 spiro atoms. The van der Waals surface area contributed by atoms with Crippen LogP contribution in [-0.4, -0.2) is 5.91 Å². The molecule has 1 N–H and O–H groups in total. The fourth-order valence-corrected chi connectivity index (χ4v) is 3.25. The summed E-state index contributed by atoms with van der Waals surface area (Å²) in [6, 6.07) is 20.9. The molecule has 0 aliphatic heterocycles. The molecule has 0 bridgehead atoms. The van der Waals surface area contributed by atoms with Gasteiger partial charge in [-0.1, -0.05) is 53.6 Å². The summed E-state index contributed by atoms with van der Waals surface area (Å²) in [5, 5.41) is 3.75. The standard InChI is InChI=1S/C24H24ClNO2/c1-16-8-9-17(2)22(14-16)18(3)26-24(27)19-10-12-21(13-11-19)28-15-20-6-4-5-7-23(20)25/h4-14,18H,15H2,1-3H3,(H,26,27)/t18-/m0/s1. The van der Waals surface area contributed by atoms with E-state index in [-0.39, 0.29) is 11.9 Å². The molecule has 3 aromatic carbocycles. The van der Waals surface area contributed by atoms with Gasteiger partial charge in [-0.25, -0.2) is 0 Å². The SMILES string of the molecule is Cc1ccc(C)c([C@H](C)NC(=O)c2ccc(OCc3ccccc3Cl)cc2)c1. The van der Waals surface area contributed by atoms with Crippen molar-refractivity contribution in [3.8, 4) is 5.75 Å². The van der Waals surface area contributed by atoms with Crippen LogP contribution in [0, 0.1) is 13.8 Å². The normalized spacial score (nSPS) is 11.7. The number of carbonyl (C=O) groups excluding carboxylic acids is 1. The number of benzene rings is 3. The largest absolute Gasteiger partial charge is 0.489 e. The van der Waals surface area contributed by atoms with Gasteiger partial charge in [-0.2, -0.15) is 0 Å². The van der Waals surface area contributed by atoms with Crippen LogP contribution < -0.4 is 10.1 Å². The first-order valence-electron chi connectivity index (χ1n) is 9.28. The molecule has 4 heteroatoms. The van der Waals surface area contributed by atoms with Crippen LogP contribution in [0.3, 0.4) is 0 Å². The Hall–Kier alpha value is -2.78. The molecule has 0 aliphatic rings. The Morgan fingerprint density at radius 3 is 2.46 bits per heavy atom. The molecule has 144 valence electrons. The van der Waals surface area contributed by atoms with Gasteiger partial charge in [0.05, 0.1) is 6.04 Å². The molecule has 1 amide bonds. The summed E-state index contributed by atoms with van der Waals surface area (Å²) in [4.78, 5) is 12.6. The first kappa shape index (κ1) is 20.0. The monoisotopic (exact) mass is 393 g/mol.